The lowest BCUT2D eigenvalue weighted by Gasteiger charge is -2.05. The lowest BCUT2D eigenvalue weighted by molar-refractivity contribution is 0.684. The zero-order valence-corrected chi connectivity index (χ0v) is 9.89. The van der Waals surface area contributed by atoms with Crippen LogP contribution in [0.25, 0.3) is 10.9 Å². The number of H-pyrrole nitrogens is 1. The van der Waals surface area contributed by atoms with Crippen LogP contribution in [0, 0.1) is 0 Å². The van der Waals surface area contributed by atoms with Crippen LogP contribution in [0.15, 0.2) is 21.7 Å². The van der Waals surface area contributed by atoms with Gasteiger partial charge in [0.15, 0.2) is 0 Å². The fraction of sp³-hybridized carbons (Fsp3) is 0.200. The zero-order valence-electron chi connectivity index (χ0n) is 8.38. The van der Waals surface area contributed by atoms with E-state index in [-0.39, 0.29) is 10.6 Å². The summed E-state index contributed by atoms with van der Waals surface area (Å²) in [6, 6.07) is 2.98. The van der Waals surface area contributed by atoms with Gasteiger partial charge < -0.3 is 4.98 Å². The Bertz CT molecular complexity index is 673. The second kappa shape index (κ2) is 3.96. The third kappa shape index (κ3) is 1.64. The maximum Gasteiger partial charge on any atom is 0.328 e. The molecule has 0 unspecified atom stereocenters. The fourth-order valence-electron chi connectivity index (χ4n) is 1.57. The Hall–Kier alpha value is -1.26. The maximum atomic E-state index is 11.9. The van der Waals surface area contributed by atoms with Gasteiger partial charge in [-0.3, -0.25) is 9.36 Å². The molecule has 1 heterocycles. The van der Waals surface area contributed by atoms with Gasteiger partial charge in [-0.05, 0) is 19.1 Å². The third-order valence-corrected chi connectivity index (χ3v) is 2.84. The van der Waals surface area contributed by atoms with Crippen molar-refractivity contribution in [2.45, 2.75) is 13.5 Å². The number of rotatable bonds is 1. The molecular weight excluding hydrogens is 251 g/mol. The third-order valence-electron chi connectivity index (χ3n) is 2.32. The molecule has 0 fully saturated rings. The summed E-state index contributed by atoms with van der Waals surface area (Å²) in [4.78, 5) is 26.0. The Morgan fingerprint density at radius 2 is 2.00 bits per heavy atom. The predicted octanol–water partition coefficient (Wildman–Crippen LogP) is 2.02. The number of benzene rings is 1. The van der Waals surface area contributed by atoms with Crippen LogP contribution in [0.4, 0.5) is 0 Å². The van der Waals surface area contributed by atoms with E-state index in [2.05, 4.69) is 4.98 Å². The second-order valence-corrected chi connectivity index (χ2v) is 4.13. The number of nitrogens with zero attached hydrogens (tertiary/aromatic N) is 1. The van der Waals surface area contributed by atoms with Gasteiger partial charge in [0.1, 0.15) is 0 Å². The van der Waals surface area contributed by atoms with Crippen molar-refractivity contribution < 1.29 is 0 Å². The summed E-state index contributed by atoms with van der Waals surface area (Å²) in [5.74, 6) is 0. The molecule has 1 aromatic carbocycles. The minimum Gasteiger partial charge on any atom is -0.305 e. The summed E-state index contributed by atoms with van der Waals surface area (Å²) >= 11 is 11.7. The van der Waals surface area contributed by atoms with Gasteiger partial charge in [-0.25, -0.2) is 4.79 Å². The van der Waals surface area contributed by atoms with E-state index in [9.17, 15) is 9.59 Å². The molecular formula is C10H8Cl2N2O2. The van der Waals surface area contributed by atoms with Gasteiger partial charge in [-0.1, -0.05) is 23.2 Å². The van der Waals surface area contributed by atoms with Crippen LogP contribution >= 0.6 is 23.2 Å². The number of hydrogen-bond donors (Lipinski definition) is 1. The number of nitrogens with one attached hydrogen (secondary N) is 1. The molecule has 0 saturated carbocycles. The SMILES string of the molecule is CCn1c(=O)[nH]c2c(Cl)cc(Cl)cc2c1=O. The predicted molar refractivity (Wildman–Crippen MR) is 64.5 cm³/mol. The van der Waals surface area contributed by atoms with Gasteiger partial charge in [0.05, 0.1) is 15.9 Å². The van der Waals surface area contributed by atoms with Crippen LogP contribution in [0.5, 0.6) is 0 Å². The van der Waals surface area contributed by atoms with Crippen molar-refractivity contribution in [1.82, 2.24) is 9.55 Å². The van der Waals surface area contributed by atoms with Crippen LogP contribution in [-0.4, -0.2) is 9.55 Å². The molecule has 0 aliphatic rings. The van der Waals surface area contributed by atoms with E-state index in [1.807, 2.05) is 0 Å². The van der Waals surface area contributed by atoms with Crippen LogP contribution in [0.3, 0.4) is 0 Å². The first-order chi connectivity index (χ1) is 7.54. The summed E-state index contributed by atoms with van der Waals surface area (Å²) in [5.41, 5.74) is -0.527. The minimum absolute atomic E-state index is 0.264. The highest BCUT2D eigenvalue weighted by Crippen LogP contribution is 2.23. The first-order valence-electron chi connectivity index (χ1n) is 4.66. The summed E-state index contributed by atoms with van der Waals surface area (Å²) in [7, 11) is 0. The molecule has 16 heavy (non-hydrogen) atoms. The Morgan fingerprint density at radius 1 is 1.31 bits per heavy atom. The topological polar surface area (TPSA) is 54.9 Å². The standard InChI is InChI=1S/C10H8Cl2N2O2/c1-2-14-9(15)6-3-5(11)4-7(12)8(6)13-10(14)16/h3-4H,2H2,1H3,(H,13,16). The van der Waals surface area contributed by atoms with Crippen molar-refractivity contribution in [3.63, 3.8) is 0 Å². The smallest absolute Gasteiger partial charge is 0.305 e. The average molecular weight is 259 g/mol. The molecule has 0 bridgehead atoms. The van der Waals surface area contributed by atoms with Crippen LogP contribution in [-0.2, 0) is 6.54 Å². The molecule has 0 aliphatic carbocycles. The molecule has 2 rings (SSSR count). The van der Waals surface area contributed by atoms with Gasteiger partial charge in [0, 0.05) is 11.6 Å². The molecule has 0 saturated heterocycles. The van der Waals surface area contributed by atoms with Crippen molar-refractivity contribution in [2.75, 3.05) is 0 Å². The van der Waals surface area contributed by atoms with Crippen molar-refractivity contribution in [2.24, 2.45) is 0 Å². The number of fused-ring (bicyclic) bond motifs is 1. The van der Waals surface area contributed by atoms with Crippen molar-refractivity contribution in [1.29, 1.82) is 0 Å². The van der Waals surface area contributed by atoms with E-state index in [1.165, 1.54) is 12.1 Å². The number of hydrogen-bond acceptors (Lipinski definition) is 2. The highest BCUT2D eigenvalue weighted by Gasteiger charge is 2.09. The average Bonchev–Trinajstić information content (AvgIpc) is 2.21. The molecule has 84 valence electrons. The number of aromatic nitrogens is 2. The number of aromatic amines is 1. The van der Waals surface area contributed by atoms with Crippen LogP contribution < -0.4 is 11.2 Å². The second-order valence-electron chi connectivity index (χ2n) is 3.29. The highest BCUT2D eigenvalue weighted by molar-refractivity contribution is 6.38. The molecule has 2 aromatic rings. The zero-order chi connectivity index (χ0) is 11.9. The maximum absolute atomic E-state index is 11.9. The van der Waals surface area contributed by atoms with Crippen molar-refractivity contribution in [3.05, 3.63) is 43.0 Å². The Morgan fingerprint density at radius 3 is 2.62 bits per heavy atom. The van der Waals surface area contributed by atoms with E-state index >= 15 is 0 Å². The minimum atomic E-state index is -0.468. The highest BCUT2D eigenvalue weighted by atomic mass is 35.5. The molecule has 6 heteroatoms. The molecule has 0 aliphatic heterocycles. The monoisotopic (exact) mass is 258 g/mol. The lowest BCUT2D eigenvalue weighted by Crippen LogP contribution is -2.34. The molecule has 0 radical (unpaired) electrons. The van der Waals surface area contributed by atoms with Gasteiger partial charge in [0.25, 0.3) is 5.56 Å². The summed E-state index contributed by atoms with van der Waals surface area (Å²) in [6.45, 7) is 2.02. The molecule has 0 amide bonds. The molecule has 1 aromatic heterocycles. The summed E-state index contributed by atoms with van der Waals surface area (Å²) < 4.78 is 1.09. The van der Waals surface area contributed by atoms with E-state index in [0.29, 0.717) is 22.5 Å². The van der Waals surface area contributed by atoms with Crippen LogP contribution in [0.2, 0.25) is 10.0 Å². The molecule has 4 nitrogen and oxygen atoms in total. The Balaban J connectivity index is 3.05. The number of halogens is 2. The quantitative estimate of drug-likeness (QED) is 0.851. The molecule has 0 atom stereocenters. The molecule has 0 spiro atoms. The largest absolute Gasteiger partial charge is 0.328 e. The van der Waals surface area contributed by atoms with Gasteiger partial charge in [0.2, 0.25) is 0 Å². The van der Waals surface area contributed by atoms with Gasteiger partial charge in [-0.15, -0.1) is 0 Å². The van der Waals surface area contributed by atoms with Crippen molar-refractivity contribution in [3.8, 4) is 0 Å². The summed E-state index contributed by atoms with van der Waals surface area (Å²) in [5, 5.41) is 0.947. The van der Waals surface area contributed by atoms with E-state index in [1.54, 1.807) is 6.92 Å². The summed E-state index contributed by atoms with van der Waals surface area (Å²) in [6.07, 6.45) is 0. The van der Waals surface area contributed by atoms with Gasteiger partial charge >= 0.3 is 5.69 Å². The fourth-order valence-corrected chi connectivity index (χ4v) is 2.11. The first kappa shape index (κ1) is 11.2. The van der Waals surface area contributed by atoms with Crippen molar-refractivity contribution >= 4 is 34.1 Å². The van der Waals surface area contributed by atoms with E-state index in [0.717, 1.165) is 4.57 Å². The van der Waals surface area contributed by atoms with Gasteiger partial charge in [-0.2, -0.15) is 0 Å². The lowest BCUT2D eigenvalue weighted by atomic mass is 10.2. The molecule has 1 N–H and O–H groups in total. The Kier molecular flexibility index (Phi) is 2.78. The Labute approximate surface area is 100 Å². The first-order valence-corrected chi connectivity index (χ1v) is 5.42. The van der Waals surface area contributed by atoms with E-state index in [4.69, 9.17) is 23.2 Å². The van der Waals surface area contributed by atoms with Crippen LogP contribution in [0.1, 0.15) is 6.92 Å². The normalized spacial score (nSPS) is 10.9. The van der Waals surface area contributed by atoms with E-state index < -0.39 is 5.69 Å².